The summed E-state index contributed by atoms with van der Waals surface area (Å²) in [5.74, 6) is -1.82. The molecule has 178 valence electrons. The fraction of sp³-hybridized carbons (Fsp3) is 0.370. The number of nitrogens with zero attached hydrogens (tertiary/aromatic N) is 1. The lowest BCUT2D eigenvalue weighted by Crippen LogP contribution is -2.24. The molecular weight excluding hydrogens is 437 g/mol. The van der Waals surface area contributed by atoms with Gasteiger partial charge in [-0.1, -0.05) is 12.1 Å². The molecule has 0 spiro atoms. The summed E-state index contributed by atoms with van der Waals surface area (Å²) in [4.78, 5) is 36.3. The van der Waals surface area contributed by atoms with E-state index < -0.39 is 22.9 Å². The van der Waals surface area contributed by atoms with Crippen LogP contribution in [0, 0.1) is 12.7 Å². The predicted molar refractivity (Wildman–Crippen MR) is 127 cm³/mol. The van der Waals surface area contributed by atoms with Gasteiger partial charge in [0, 0.05) is 12.6 Å². The van der Waals surface area contributed by atoms with Crippen LogP contribution < -0.4 is 5.56 Å². The number of rotatable bonds is 6. The van der Waals surface area contributed by atoms with Crippen LogP contribution in [-0.2, 0) is 16.0 Å². The van der Waals surface area contributed by atoms with Crippen molar-refractivity contribution >= 4 is 17.5 Å². The first-order valence-corrected chi connectivity index (χ1v) is 11.4. The highest BCUT2D eigenvalue weighted by Crippen LogP contribution is 2.43. The van der Waals surface area contributed by atoms with Crippen LogP contribution in [0.15, 0.2) is 41.3 Å². The Kier molecular flexibility index (Phi) is 6.06. The van der Waals surface area contributed by atoms with E-state index >= 15 is 0 Å². The smallest absolute Gasteiger partial charge is 0.341 e. The molecule has 1 aromatic carbocycles. The number of carbonyl (C=O) groups excluding carboxylic acids is 1. The number of hydrogen-bond acceptors (Lipinski definition) is 4. The maximum Gasteiger partial charge on any atom is 0.341 e. The minimum Gasteiger partial charge on any atom is -0.477 e. The average Bonchev–Trinajstić information content (AvgIpc) is 3.57. The molecule has 2 heterocycles. The van der Waals surface area contributed by atoms with Gasteiger partial charge in [-0.2, -0.15) is 0 Å². The summed E-state index contributed by atoms with van der Waals surface area (Å²) < 4.78 is 21.6. The van der Waals surface area contributed by atoms with Crippen molar-refractivity contribution in [2.75, 3.05) is 0 Å². The summed E-state index contributed by atoms with van der Waals surface area (Å²) in [6.07, 6.45) is 3.76. The first-order chi connectivity index (χ1) is 16.0. The first kappa shape index (κ1) is 23.7. The monoisotopic (exact) mass is 465 g/mol. The largest absolute Gasteiger partial charge is 0.477 e. The molecule has 3 aromatic rings. The molecule has 6 nitrogen and oxygen atoms in total. The van der Waals surface area contributed by atoms with Crippen molar-refractivity contribution in [2.24, 2.45) is 0 Å². The van der Waals surface area contributed by atoms with E-state index in [4.69, 9.17) is 4.74 Å². The second kappa shape index (κ2) is 8.70. The number of pyridine rings is 2. The van der Waals surface area contributed by atoms with Gasteiger partial charge in [-0.3, -0.25) is 14.0 Å². The number of carbonyl (C=O) groups is 2. The lowest BCUT2D eigenvalue weighted by molar-refractivity contribution is -0.154. The fourth-order valence-corrected chi connectivity index (χ4v) is 4.32. The van der Waals surface area contributed by atoms with Crippen LogP contribution in [0.3, 0.4) is 0 Å². The average molecular weight is 466 g/mol. The van der Waals surface area contributed by atoms with Crippen LogP contribution in [0.25, 0.3) is 16.6 Å². The van der Waals surface area contributed by atoms with Gasteiger partial charge in [0.05, 0.1) is 5.52 Å². The number of aryl methyl sites for hydroxylation is 2. The first-order valence-electron chi connectivity index (χ1n) is 11.4. The van der Waals surface area contributed by atoms with Gasteiger partial charge in [0.1, 0.15) is 17.0 Å². The Morgan fingerprint density at radius 2 is 1.88 bits per heavy atom. The van der Waals surface area contributed by atoms with E-state index in [1.807, 2.05) is 6.92 Å². The van der Waals surface area contributed by atoms with Crippen molar-refractivity contribution in [3.63, 3.8) is 0 Å². The Hall–Kier alpha value is -3.48. The van der Waals surface area contributed by atoms with Crippen LogP contribution in [0.5, 0.6) is 0 Å². The molecule has 2 aromatic heterocycles. The highest BCUT2D eigenvalue weighted by atomic mass is 19.1. The minimum atomic E-state index is -1.24. The maximum absolute atomic E-state index is 14.9. The van der Waals surface area contributed by atoms with Crippen LogP contribution in [-0.4, -0.2) is 27.0 Å². The van der Waals surface area contributed by atoms with Gasteiger partial charge in [0.25, 0.3) is 5.56 Å². The number of benzene rings is 1. The van der Waals surface area contributed by atoms with Crippen molar-refractivity contribution < 1.29 is 23.8 Å². The third-order valence-electron chi connectivity index (χ3n) is 6.04. The van der Waals surface area contributed by atoms with E-state index in [-0.39, 0.29) is 30.3 Å². The van der Waals surface area contributed by atoms with Crippen molar-refractivity contribution in [1.82, 2.24) is 4.40 Å². The zero-order valence-electron chi connectivity index (χ0n) is 19.8. The molecule has 1 saturated carbocycles. The second-order valence-corrected chi connectivity index (χ2v) is 9.86. The quantitative estimate of drug-likeness (QED) is 0.502. The maximum atomic E-state index is 14.9. The topological polar surface area (TPSA) is 85.1 Å². The summed E-state index contributed by atoms with van der Waals surface area (Å²) in [6, 6.07) is 8.10. The van der Waals surface area contributed by atoms with Gasteiger partial charge < -0.3 is 9.84 Å². The molecule has 0 radical (unpaired) electrons. The fourth-order valence-electron chi connectivity index (χ4n) is 4.32. The highest BCUT2D eigenvalue weighted by Gasteiger charge is 2.29. The van der Waals surface area contributed by atoms with Crippen LogP contribution in [0.4, 0.5) is 4.39 Å². The highest BCUT2D eigenvalue weighted by molar-refractivity contribution is 5.89. The summed E-state index contributed by atoms with van der Waals surface area (Å²) >= 11 is 0. The van der Waals surface area contributed by atoms with Gasteiger partial charge in [-0.25, -0.2) is 9.18 Å². The number of carboxylic acid groups (broad SMARTS) is 1. The van der Waals surface area contributed by atoms with Gasteiger partial charge >= 0.3 is 11.9 Å². The summed E-state index contributed by atoms with van der Waals surface area (Å²) in [6.45, 7) is 7.23. The number of esters is 1. The molecule has 7 heteroatoms. The molecule has 0 amide bonds. The number of halogens is 1. The van der Waals surface area contributed by atoms with Gasteiger partial charge in [0.15, 0.2) is 0 Å². The minimum absolute atomic E-state index is 0.0854. The Labute approximate surface area is 197 Å². The lowest BCUT2D eigenvalue weighted by Gasteiger charge is -2.19. The third kappa shape index (κ3) is 4.74. The molecule has 4 rings (SSSR count). The molecule has 0 atom stereocenters. The summed E-state index contributed by atoms with van der Waals surface area (Å²) in [5, 5.41) is 9.46. The van der Waals surface area contributed by atoms with E-state index in [0.717, 1.165) is 29.5 Å². The number of fused-ring (bicyclic) bond motifs is 1. The number of aromatic carboxylic acids is 1. The summed E-state index contributed by atoms with van der Waals surface area (Å²) in [7, 11) is 0. The van der Waals surface area contributed by atoms with E-state index in [9.17, 15) is 23.9 Å². The van der Waals surface area contributed by atoms with E-state index in [1.54, 1.807) is 45.2 Å². The second-order valence-electron chi connectivity index (χ2n) is 9.86. The lowest BCUT2D eigenvalue weighted by atomic mass is 9.95. The molecule has 1 fully saturated rings. The number of hydrogen-bond donors (Lipinski definition) is 1. The van der Waals surface area contributed by atoms with Gasteiger partial charge in [0.2, 0.25) is 0 Å². The van der Waals surface area contributed by atoms with E-state index in [1.165, 1.54) is 16.5 Å². The van der Waals surface area contributed by atoms with Crippen LogP contribution >= 0.6 is 0 Å². The number of carboxylic acids is 1. The molecule has 0 aliphatic heterocycles. The normalized spacial score (nSPS) is 13.8. The number of ether oxygens (including phenoxy) is 1. The molecular formula is C27H28FNO5. The molecule has 1 aliphatic carbocycles. The van der Waals surface area contributed by atoms with Crippen LogP contribution in [0.1, 0.15) is 73.0 Å². The van der Waals surface area contributed by atoms with Crippen LogP contribution in [0.2, 0.25) is 0 Å². The standard InChI is InChI=1S/C27H28FNO5/c1-15-19(18-8-7-17(22(28)13-18)9-10-23(30)34-27(2,3)4)11-12-29-24(15)20(16-5-6-16)14-21(25(29)31)26(32)33/h7-8,11-14,16H,5-6,9-10H2,1-4H3,(H,32,33). The molecule has 0 saturated heterocycles. The third-order valence-corrected chi connectivity index (χ3v) is 6.04. The zero-order valence-corrected chi connectivity index (χ0v) is 19.8. The van der Waals surface area contributed by atoms with Crippen molar-refractivity contribution in [3.8, 4) is 11.1 Å². The molecule has 1 N–H and O–H groups in total. The molecule has 1 aliphatic rings. The van der Waals surface area contributed by atoms with Crippen molar-refractivity contribution in [1.29, 1.82) is 0 Å². The molecule has 0 bridgehead atoms. The Morgan fingerprint density at radius 3 is 2.47 bits per heavy atom. The van der Waals surface area contributed by atoms with E-state index in [2.05, 4.69) is 0 Å². The van der Waals surface area contributed by atoms with Gasteiger partial charge in [-0.15, -0.1) is 0 Å². The Bertz CT molecular complexity index is 1360. The zero-order chi connectivity index (χ0) is 24.8. The van der Waals surface area contributed by atoms with Gasteiger partial charge in [-0.05, 0) is 98.9 Å². The number of aromatic nitrogens is 1. The predicted octanol–water partition coefficient (Wildman–Crippen LogP) is 5.26. The van der Waals surface area contributed by atoms with Crippen molar-refractivity contribution in [2.45, 2.75) is 64.9 Å². The van der Waals surface area contributed by atoms with E-state index in [0.29, 0.717) is 16.6 Å². The Balaban J connectivity index is 1.70. The van der Waals surface area contributed by atoms with Crippen molar-refractivity contribution in [3.05, 3.63) is 75.0 Å². The molecule has 0 unspecified atom stereocenters. The SMILES string of the molecule is Cc1c(-c2ccc(CCC(=O)OC(C)(C)C)c(F)c2)ccn2c(=O)c(C(=O)O)cc(C3CC3)c12. The molecule has 34 heavy (non-hydrogen) atoms. The Morgan fingerprint density at radius 1 is 1.18 bits per heavy atom. The summed E-state index contributed by atoms with van der Waals surface area (Å²) in [5.41, 5.74) is 2.75.